The van der Waals surface area contributed by atoms with Crippen molar-refractivity contribution in [3.63, 3.8) is 0 Å². The Morgan fingerprint density at radius 3 is 2.32 bits per heavy atom. The molecule has 1 aliphatic heterocycles. The fraction of sp³-hybridized carbons (Fsp3) is 0.125. The average molecular weight is 581 g/mol. The summed E-state index contributed by atoms with van der Waals surface area (Å²) >= 11 is 0. The standard InChI is InChI=1S/C13H11.C11H12N5O.W/c1-11-7-9-13(10-8-11)12-5-3-2-4-6-12;1-15-6-8(4-12)7-16(15)11-3-10(17-2)9(13)5-14-11;/h2-10H,1H2;3,5,7,13H,6H2,1-2H3;/q2*-1;+2. The van der Waals surface area contributed by atoms with Crippen LogP contribution in [0.4, 0.5) is 11.5 Å². The summed E-state index contributed by atoms with van der Waals surface area (Å²) in [6.45, 7) is 4.41. The van der Waals surface area contributed by atoms with Crippen LogP contribution in [0.15, 0.2) is 78.6 Å². The number of nitrogens with one attached hydrogen (secondary N) is 1. The van der Waals surface area contributed by atoms with Gasteiger partial charge in [-0.1, -0.05) is 36.0 Å². The molecule has 2 heterocycles. The zero-order chi connectivity index (χ0) is 21.5. The molecule has 6 nitrogen and oxygen atoms in total. The third-order valence-electron chi connectivity index (χ3n) is 4.56. The number of benzene rings is 2. The summed E-state index contributed by atoms with van der Waals surface area (Å²) in [7, 11) is 3.38. The summed E-state index contributed by atoms with van der Waals surface area (Å²) in [5.74, 6) is 1.09. The summed E-state index contributed by atoms with van der Waals surface area (Å²) in [6, 6.07) is 22.4. The van der Waals surface area contributed by atoms with Crippen LogP contribution in [0, 0.1) is 18.3 Å². The molecule has 0 spiro atoms. The van der Waals surface area contributed by atoms with Gasteiger partial charge in [-0.3, -0.25) is 5.01 Å². The van der Waals surface area contributed by atoms with Crippen molar-refractivity contribution < 1.29 is 25.8 Å². The molecule has 0 unspecified atom stereocenters. The second-order valence-electron chi connectivity index (χ2n) is 6.73. The van der Waals surface area contributed by atoms with E-state index < -0.39 is 0 Å². The van der Waals surface area contributed by atoms with Crippen LogP contribution in [-0.4, -0.2) is 30.7 Å². The number of nitriles is 1. The molecule has 0 aliphatic carbocycles. The van der Waals surface area contributed by atoms with Gasteiger partial charge < -0.3 is 10.5 Å². The topological polar surface area (TPSA) is 76.2 Å². The molecule has 3 aromatic rings. The second kappa shape index (κ2) is 11.2. The number of aromatic nitrogens is 1. The number of hydrogen-bond donors (Lipinski definition) is 0. The van der Waals surface area contributed by atoms with E-state index in [4.69, 9.17) is 15.7 Å². The van der Waals surface area contributed by atoms with Gasteiger partial charge in [0.15, 0.2) is 5.82 Å². The molecule has 0 saturated carbocycles. The second-order valence-corrected chi connectivity index (χ2v) is 6.73. The molecule has 31 heavy (non-hydrogen) atoms. The molecular weight excluding hydrogens is 558 g/mol. The predicted molar refractivity (Wildman–Crippen MR) is 120 cm³/mol. The van der Waals surface area contributed by atoms with Gasteiger partial charge in [-0.2, -0.15) is 29.9 Å². The number of pyridine rings is 1. The maximum absolute atomic E-state index is 8.85. The SMILES string of the molecule is COc1cc(N2C=C(C#N)CN2C)ncc1[NH-].[CH2-]c1ccc(-c2ccccc2)cc1.[W+2]. The molecule has 1 N–H and O–H groups in total. The van der Waals surface area contributed by atoms with Crippen molar-refractivity contribution in [2.75, 3.05) is 25.7 Å². The Morgan fingerprint density at radius 2 is 1.74 bits per heavy atom. The third-order valence-corrected chi connectivity index (χ3v) is 4.56. The summed E-state index contributed by atoms with van der Waals surface area (Å²) in [4.78, 5) is 4.15. The predicted octanol–water partition coefficient (Wildman–Crippen LogP) is 5.38. The number of hydrazine groups is 1. The first-order valence-electron chi connectivity index (χ1n) is 9.36. The molecule has 0 atom stereocenters. The molecule has 7 heteroatoms. The summed E-state index contributed by atoms with van der Waals surface area (Å²) in [5, 5.41) is 12.5. The molecule has 4 rings (SSSR count). The van der Waals surface area contributed by atoms with E-state index in [9.17, 15) is 0 Å². The van der Waals surface area contributed by atoms with Crippen molar-refractivity contribution in [1.29, 1.82) is 5.26 Å². The van der Waals surface area contributed by atoms with Gasteiger partial charge in [0.1, 0.15) is 5.75 Å². The fourth-order valence-electron chi connectivity index (χ4n) is 2.96. The maximum atomic E-state index is 8.85. The Hall–Kier alpha value is -3.26. The smallest absolute Gasteiger partial charge is 0.694 e. The Morgan fingerprint density at radius 1 is 1.10 bits per heavy atom. The molecule has 0 radical (unpaired) electrons. The number of ether oxygens (including phenoxy) is 1. The van der Waals surface area contributed by atoms with Crippen LogP contribution in [0.1, 0.15) is 5.56 Å². The van der Waals surface area contributed by atoms with Gasteiger partial charge in [-0.25, -0.2) is 9.99 Å². The van der Waals surface area contributed by atoms with Crippen LogP contribution in [0.2, 0.25) is 0 Å². The molecule has 1 aromatic heterocycles. The molecule has 156 valence electrons. The van der Waals surface area contributed by atoms with Crippen molar-refractivity contribution in [3.05, 3.63) is 96.9 Å². The summed E-state index contributed by atoms with van der Waals surface area (Å²) < 4.78 is 5.08. The molecule has 2 aromatic carbocycles. The van der Waals surface area contributed by atoms with Crippen LogP contribution >= 0.6 is 0 Å². The molecule has 0 amide bonds. The molecule has 0 saturated heterocycles. The molecule has 1 aliphatic rings. The van der Waals surface area contributed by atoms with Crippen molar-refractivity contribution in [3.8, 4) is 22.9 Å². The van der Waals surface area contributed by atoms with Gasteiger partial charge in [0.05, 0.1) is 25.3 Å². The van der Waals surface area contributed by atoms with Gasteiger partial charge in [0, 0.05) is 25.5 Å². The van der Waals surface area contributed by atoms with Crippen LogP contribution < -0.4 is 9.75 Å². The summed E-state index contributed by atoms with van der Waals surface area (Å²) in [5.41, 5.74) is 12.0. The van der Waals surface area contributed by atoms with E-state index in [0.717, 1.165) is 5.56 Å². The van der Waals surface area contributed by atoms with Gasteiger partial charge >= 0.3 is 21.1 Å². The molecular formula is C24H23N5OW. The number of methoxy groups -OCH3 is 1. The Labute approximate surface area is 197 Å². The van der Waals surface area contributed by atoms with Crippen molar-refractivity contribution >= 4 is 11.5 Å². The number of nitrogens with zero attached hydrogens (tertiary/aromatic N) is 4. The van der Waals surface area contributed by atoms with Crippen molar-refractivity contribution in [1.82, 2.24) is 9.99 Å². The first-order chi connectivity index (χ1) is 14.5. The number of likely N-dealkylation sites (N-methyl/N-ethyl adjacent to an activating group) is 1. The van der Waals surface area contributed by atoms with E-state index in [1.54, 1.807) is 17.3 Å². The minimum Gasteiger partial charge on any atom is -0.694 e. The van der Waals surface area contributed by atoms with E-state index in [2.05, 4.69) is 42.2 Å². The van der Waals surface area contributed by atoms with Gasteiger partial charge in [-0.15, -0.1) is 12.1 Å². The Bertz CT molecular complexity index is 1060. The normalized spacial score (nSPS) is 12.7. The molecule has 0 fully saturated rings. The first-order valence-corrected chi connectivity index (χ1v) is 9.36. The largest absolute Gasteiger partial charge is 2.00 e. The zero-order valence-electron chi connectivity index (χ0n) is 17.4. The van der Waals surface area contributed by atoms with E-state index in [1.165, 1.54) is 24.4 Å². The third kappa shape index (κ3) is 6.11. The zero-order valence-corrected chi connectivity index (χ0v) is 20.4. The van der Waals surface area contributed by atoms with E-state index in [0.29, 0.717) is 23.7 Å². The number of anilines is 1. The molecule has 0 bridgehead atoms. The minimum absolute atomic E-state index is 0. The van der Waals surface area contributed by atoms with Crippen molar-refractivity contribution in [2.45, 2.75) is 0 Å². The Balaban J connectivity index is 0.000000220. The quantitative estimate of drug-likeness (QED) is 0.389. The number of hydrogen-bond acceptors (Lipinski definition) is 5. The van der Waals surface area contributed by atoms with Crippen LogP contribution in [0.5, 0.6) is 5.75 Å². The summed E-state index contributed by atoms with van der Waals surface area (Å²) in [6.07, 6.45) is 3.16. The number of rotatable bonds is 3. The van der Waals surface area contributed by atoms with E-state index in [-0.39, 0.29) is 26.8 Å². The first kappa shape index (κ1) is 24.0. The van der Waals surface area contributed by atoms with Gasteiger partial charge in [0.2, 0.25) is 0 Å². The van der Waals surface area contributed by atoms with Gasteiger partial charge in [0.25, 0.3) is 0 Å². The average Bonchev–Trinajstić information content (AvgIpc) is 3.16. The van der Waals surface area contributed by atoms with Gasteiger partial charge in [-0.05, 0) is 11.1 Å². The van der Waals surface area contributed by atoms with E-state index >= 15 is 0 Å². The Kier molecular flexibility index (Phi) is 8.69. The fourth-order valence-corrected chi connectivity index (χ4v) is 2.96. The minimum atomic E-state index is 0. The maximum Gasteiger partial charge on any atom is 2.00 e. The van der Waals surface area contributed by atoms with Crippen LogP contribution in [0.25, 0.3) is 16.9 Å². The van der Waals surface area contributed by atoms with Crippen LogP contribution in [-0.2, 0) is 21.1 Å². The van der Waals surface area contributed by atoms with E-state index in [1.807, 2.05) is 42.4 Å². The van der Waals surface area contributed by atoms with Crippen LogP contribution in [0.3, 0.4) is 0 Å². The van der Waals surface area contributed by atoms with Crippen molar-refractivity contribution in [2.24, 2.45) is 0 Å². The monoisotopic (exact) mass is 581 g/mol.